The van der Waals surface area contributed by atoms with Crippen molar-refractivity contribution in [1.29, 1.82) is 0 Å². The summed E-state index contributed by atoms with van der Waals surface area (Å²) in [6.45, 7) is 7.59. The second-order valence-corrected chi connectivity index (χ2v) is 10.3. The van der Waals surface area contributed by atoms with Crippen molar-refractivity contribution in [3.63, 3.8) is 0 Å². The molecule has 0 amide bonds. The first-order chi connectivity index (χ1) is 17.8. The highest BCUT2D eigenvalue weighted by Gasteiger charge is 2.25. The Bertz CT molecular complexity index is 1270. The number of aromatic nitrogens is 4. The van der Waals surface area contributed by atoms with Crippen LogP contribution in [0.15, 0.2) is 24.8 Å². The number of hydrogen-bond acceptors (Lipinski definition) is 10. The number of nitrogens with one attached hydrogen (secondary N) is 1. The average Bonchev–Trinajstić information content (AvgIpc) is 2.89. The molecule has 37 heavy (non-hydrogen) atoms. The summed E-state index contributed by atoms with van der Waals surface area (Å²) >= 11 is 20.1. The maximum atomic E-state index is 7.07. The normalized spacial score (nSPS) is 18.8. The number of piperazine rings is 1. The summed E-state index contributed by atoms with van der Waals surface area (Å²) in [7, 11) is 2.10. The van der Waals surface area contributed by atoms with Gasteiger partial charge in [-0.1, -0.05) is 34.8 Å². The first-order valence-electron chi connectivity index (χ1n) is 12.0. The van der Waals surface area contributed by atoms with Gasteiger partial charge in [-0.05, 0) is 20.0 Å². The first-order valence-corrected chi connectivity index (χ1v) is 13.1. The van der Waals surface area contributed by atoms with Crippen LogP contribution < -0.4 is 20.9 Å². The smallest absolute Gasteiger partial charge is 0.225 e. The van der Waals surface area contributed by atoms with E-state index in [1.54, 1.807) is 12.4 Å². The minimum absolute atomic E-state index is 0.124. The predicted molar refractivity (Wildman–Crippen MR) is 150 cm³/mol. The van der Waals surface area contributed by atoms with E-state index in [1.807, 2.05) is 13.0 Å². The number of nitrogen functional groups attached to an aromatic ring is 1. The predicted octanol–water partition coefficient (Wildman–Crippen LogP) is 4.20. The summed E-state index contributed by atoms with van der Waals surface area (Å²) < 4.78 is 5.63. The largest absolute Gasteiger partial charge is 0.393 e. The molecule has 4 heterocycles. The minimum Gasteiger partial charge on any atom is -0.393 e. The molecule has 0 unspecified atom stereocenters. The summed E-state index contributed by atoms with van der Waals surface area (Å²) in [5.41, 5.74) is 9.17. The van der Waals surface area contributed by atoms with Gasteiger partial charge in [0.2, 0.25) is 5.95 Å². The fourth-order valence-electron chi connectivity index (χ4n) is 4.49. The highest BCUT2D eigenvalue weighted by molar-refractivity contribution is 6.42. The van der Waals surface area contributed by atoms with Crippen LogP contribution in [0.4, 0.5) is 28.8 Å². The number of halogens is 3. The Morgan fingerprint density at radius 3 is 2.43 bits per heavy atom. The Morgan fingerprint density at radius 2 is 1.73 bits per heavy atom. The van der Waals surface area contributed by atoms with Crippen molar-refractivity contribution in [2.45, 2.75) is 13.0 Å². The molecule has 0 spiro atoms. The zero-order valence-corrected chi connectivity index (χ0v) is 22.9. The third kappa shape index (κ3) is 5.49. The van der Waals surface area contributed by atoms with Gasteiger partial charge in [0.15, 0.2) is 11.0 Å². The van der Waals surface area contributed by atoms with Crippen LogP contribution in [-0.4, -0.2) is 83.9 Å². The molecule has 13 heteroatoms. The van der Waals surface area contributed by atoms with E-state index in [0.29, 0.717) is 45.2 Å². The lowest BCUT2D eigenvalue weighted by molar-refractivity contribution is 0.0526. The summed E-state index contributed by atoms with van der Waals surface area (Å²) in [4.78, 5) is 24.0. The van der Waals surface area contributed by atoms with E-state index < -0.39 is 0 Å². The standard InChI is InChI=1S/C24H28Cl3N9O/c1-14-12-36(7-8-37-14)24-29-10-15(11-30-24)18-16(25)9-17(35-5-3-34(2)4-6-35)21(19(18)26)33-23-20(28)22(27)31-13-32-23/h9-11,13-14H,3-8,12,28H2,1-2H3,(H,31,32,33)/t14-/m0/s1. The van der Waals surface area contributed by atoms with Gasteiger partial charge in [-0.25, -0.2) is 19.9 Å². The molecule has 3 aromatic rings. The Kier molecular flexibility index (Phi) is 7.73. The number of ether oxygens (including phenoxy) is 1. The second-order valence-electron chi connectivity index (χ2n) is 9.18. The van der Waals surface area contributed by atoms with E-state index in [0.717, 1.165) is 45.0 Å². The van der Waals surface area contributed by atoms with Crippen LogP contribution in [0.5, 0.6) is 0 Å². The number of anilines is 5. The molecule has 2 fully saturated rings. The molecule has 3 N–H and O–H groups in total. The number of rotatable bonds is 5. The number of nitrogens with zero attached hydrogens (tertiary/aromatic N) is 7. The second kappa shape index (κ2) is 11.0. The van der Waals surface area contributed by atoms with E-state index in [9.17, 15) is 0 Å². The molecule has 10 nitrogen and oxygen atoms in total. The topological polar surface area (TPSA) is 109 Å². The quantitative estimate of drug-likeness (QED) is 0.438. The van der Waals surface area contributed by atoms with Crippen molar-refractivity contribution in [2.75, 3.05) is 73.8 Å². The van der Waals surface area contributed by atoms with Gasteiger partial charge in [0.1, 0.15) is 12.0 Å². The molecule has 1 aromatic carbocycles. The van der Waals surface area contributed by atoms with Gasteiger partial charge < -0.3 is 30.5 Å². The van der Waals surface area contributed by atoms with Crippen LogP contribution in [-0.2, 0) is 4.74 Å². The zero-order chi connectivity index (χ0) is 26.1. The minimum atomic E-state index is 0.124. The van der Waals surface area contributed by atoms with Gasteiger partial charge in [-0.15, -0.1) is 0 Å². The lowest BCUT2D eigenvalue weighted by Crippen LogP contribution is -2.44. The summed E-state index contributed by atoms with van der Waals surface area (Å²) in [5.74, 6) is 1.00. The molecule has 2 aromatic heterocycles. The lowest BCUT2D eigenvalue weighted by atomic mass is 10.1. The highest BCUT2D eigenvalue weighted by Crippen LogP contribution is 2.46. The van der Waals surface area contributed by atoms with Crippen molar-refractivity contribution in [2.24, 2.45) is 0 Å². The molecule has 0 bridgehead atoms. The van der Waals surface area contributed by atoms with Crippen molar-refractivity contribution >= 4 is 63.6 Å². The molecular weight excluding hydrogens is 537 g/mol. The third-order valence-corrected chi connectivity index (χ3v) is 7.55. The van der Waals surface area contributed by atoms with E-state index in [2.05, 4.69) is 47.0 Å². The Balaban J connectivity index is 1.55. The van der Waals surface area contributed by atoms with Gasteiger partial charge in [0.05, 0.1) is 34.1 Å². The van der Waals surface area contributed by atoms with Crippen molar-refractivity contribution in [1.82, 2.24) is 24.8 Å². The van der Waals surface area contributed by atoms with Gasteiger partial charge in [0, 0.05) is 62.8 Å². The van der Waals surface area contributed by atoms with Crippen LogP contribution in [0, 0.1) is 0 Å². The van der Waals surface area contributed by atoms with Crippen molar-refractivity contribution in [3.8, 4) is 11.1 Å². The van der Waals surface area contributed by atoms with Crippen LogP contribution in [0.25, 0.3) is 11.1 Å². The maximum absolute atomic E-state index is 7.07. The molecule has 2 aliphatic rings. The molecule has 0 radical (unpaired) electrons. The van der Waals surface area contributed by atoms with Crippen LogP contribution in [0.2, 0.25) is 15.2 Å². The maximum Gasteiger partial charge on any atom is 0.225 e. The average molecular weight is 565 g/mol. The molecule has 2 saturated heterocycles. The monoisotopic (exact) mass is 563 g/mol. The molecule has 2 aliphatic heterocycles. The van der Waals surface area contributed by atoms with Crippen molar-refractivity contribution in [3.05, 3.63) is 40.0 Å². The highest BCUT2D eigenvalue weighted by atomic mass is 35.5. The van der Waals surface area contributed by atoms with E-state index in [-0.39, 0.29) is 16.9 Å². The molecule has 196 valence electrons. The van der Waals surface area contributed by atoms with Gasteiger partial charge in [-0.3, -0.25) is 0 Å². The van der Waals surface area contributed by atoms with E-state index in [4.69, 9.17) is 45.3 Å². The Hall–Kier alpha value is -2.63. The SMILES string of the molecule is C[C@H]1CN(c2ncc(-c3c(Cl)cc(N4CCN(C)CC4)c(Nc4ncnc(Cl)c4N)c3Cl)cn2)CCO1. The number of benzene rings is 1. The Morgan fingerprint density at radius 1 is 1.00 bits per heavy atom. The van der Waals surface area contributed by atoms with Gasteiger partial charge in [-0.2, -0.15) is 0 Å². The fraction of sp³-hybridized carbons (Fsp3) is 0.417. The van der Waals surface area contributed by atoms with E-state index in [1.165, 1.54) is 6.33 Å². The van der Waals surface area contributed by atoms with E-state index >= 15 is 0 Å². The van der Waals surface area contributed by atoms with Crippen LogP contribution in [0.3, 0.4) is 0 Å². The molecule has 0 saturated carbocycles. The summed E-state index contributed by atoms with van der Waals surface area (Å²) in [6.07, 6.45) is 4.95. The molecule has 0 aliphatic carbocycles. The lowest BCUT2D eigenvalue weighted by Gasteiger charge is -2.36. The van der Waals surface area contributed by atoms with Gasteiger partial charge in [0.25, 0.3) is 0 Å². The van der Waals surface area contributed by atoms with Crippen LogP contribution >= 0.6 is 34.8 Å². The number of nitrogens with two attached hydrogens (primary N) is 1. The Labute approximate surface area is 230 Å². The summed E-state index contributed by atoms with van der Waals surface area (Å²) in [6, 6.07) is 1.91. The van der Waals surface area contributed by atoms with Crippen LogP contribution in [0.1, 0.15) is 6.92 Å². The summed E-state index contributed by atoms with van der Waals surface area (Å²) in [5, 5.41) is 4.36. The molecular formula is C24H28Cl3N9O. The molecule has 1 atom stereocenters. The number of likely N-dealkylation sites (N-methyl/N-ethyl adjacent to an activating group) is 1. The molecule has 5 rings (SSSR count). The van der Waals surface area contributed by atoms with Crippen molar-refractivity contribution < 1.29 is 4.74 Å². The third-order valence-electron chi connectivity index (χ3n) is 6.57. The number of morpholine rings is 1. The fourth-order valence-corrected chi connectivity index (χ4v) is 5.34. The number of hydrogen-bond donors (Lipinski definition) is 2. The first kappa shape index (κ1) is 26.0. The van der Waals surface area contributed by atoms with Gasteiger partial charge >= 0.3 is 0 Å². The zero-order valence-electron chi connectivity index (χ0n) is 20.6.